The number of aromatic nitrogens is 1. The maximum Gasteiger partial charge on any atom is 0.115 e. The Morgan fingerprint density at radius 3 is 2.95 bits per heavy atom. The van der Waals surface area contributed by atoms with Crippen molar-refractivity contribution in [3.8, 4) is 5.75 Å². The molecule has 0 radical (unpaired) electrons. The zero-order valence-corrected chi connectivity index (χ0v) is 12.5. The summed E-state index contributed by atoms with van der Waals surface area (Å²) in [5, 5.41) is 11.0. The van der Waals surface area contributed by atoms with Crippen molar-refractivity contribution in [2.24, 2.45) is 0 Å². The molecule has 2 N–H and O–H groups in total. The lowest BCUT2D eigenvalue weighted by Crippen LogP contribution is -2.19. The Balaban J connectivity index is 1.49. The quantitative estimate of drug-likeness (QED) is 0.769. The zero-order chi connectivity index (χ0) is 14.9. The number of fused-ring (bicyclic) bond motifs is 1. The third kappa shape index (κ3) is 2.48. The number of nitrogens with one attached hydrogen (secondary N) is 1. The number of phenolic OH excluding ortho intramolecular Hbond substituents is 1. The highest BCUT2D eigenvalue weighted by Crippen LogP contribution is 2.30. The molecule has 0 spiro atoms. The van der Waals surface area contributed by atoms with Gasteiger partial charge in [0.2, 0.25) is 0 Å². The number of likely N-dealkylation sites (tertiary alicyclic amines) is 1. The summed E-state index contributed by atoms with van der Waals surface area (Å²) in [6.45, 7) is 3.15. The van der Waals surface area contributed by atoms with Crippen LogP contribution in [0, 0.1) is 0 Å². The molecule has 3 aromatic rings. The second kappa shape index (κ2) is 5.50. The molecule has 1 unspecified atom stereocenters. The van der Waals surface area contributed by atoms with Crippen LogP contribution >= 0.6 is 0 Å². The number of hydrogen-bond acceptors (Lipinski definition) is 2. The Bertz CT molecular complexity index is 793. The summed E-state index contributed by atoms with van der Waals surface area (Å²) >= 11 is 0. The molecule has 1 aliphatic rings. The van der Waals surface area contributed by atoms with E-state index < -0.39 is 0 Å². The summed E-state index contributed by atoms with van der Waals surface area (Å²) in [7, 11) is 0. The van der Waals surface area contributed by atoms with Crippen molar-refractivity contribution >= 4 is 10.9 Å². The first-order valence-corrected chi connectivity index (χ1v) is 7.86. The first kappa shape index (κ1) is 13.4. The van der Waals surface area contributed by atoms with E-state index >= 15 is 0 Å². The lowest BCUT2D eigenvalue weighted by Gasteiger charge is -2.16. The number of phenols is 1. The topological polar surface area (TPSA) is 39.3 Å². The van der Waals surface area contributed by atoms with E-state index in [1.165, 1.54) is 22.0 Å². The van der Waals surface area contributed by atoms with Crippen LogP contribution in [0.4, 0.5) is 0 Å². The van der Waals surface area contributed by atoms with Crippen LogP contribution in [0.1, 0.15) is 23.5 Å². The van der Waals surface area contributed by atoms with E-state index in [1.54, 1.807) is 6.07 Å². The average Bonchev–Trinajstić information content (AvgIpc) is 3.16. The van der Waals surface area contributed by atoms with Crippen LogP contribution in [0.15, 0.2) is 54.7 Å². The SMILES string of the molecule is Oc1cccc(C2CCN(Cc3c[nH]c4ccccc34)C2)c1. The lowest BCUT2D eigenvalue weighted by atomic mass is 9.98. The van der Waals surface area contributed by atoms with Gasteiger partial charge >= 0.3 is 0 Å². The smallest absolute Gasteiger partial charge is 0.115 e. The molecular formula is C19H20N2O. The minimum atomic E-state index is 0.368. The minimum Gasteiger partial charge on any atom is -0.508 e. The Morgan fingerprint density at radius 1 is 1.14 bits per heavy atom. The highest BCUT2D eigenvalue weighted by molar-refractivity contribution is 5.82. The summed E-state index contributed by atoms with van der Waals surface area (Å²) in [5.74, 6) is 0.893. The van der Waals surface area contributed by atoms with Gasteiger partial charge in [0, 0.05) is 30.2 Å². The van der Waals surface area contributed by atoms with E-state index in [9.17, 15) is 5.11 Å². The van der Waals surface area contributed by atoms with Crippen LogP contribution in [0.5, 0.6) is 5.75 Å². The molecule has 3 heteroatoms. The minimum absolute atomic E-state index is 0.368. The van der Waals surface area contributed by atoms with Gasteiger partial charge in [-0.25, -0.2) is 0 Å². The number of aromatic amines is 1. The molecule has 0 saturated carbocycles. The van der Waals surface area contributed by atoms with Crippen molar-refractivity contribution in [1.29, 1.82) is 0 Å². The molecule has 0 bridgehead atoms. The number of nitrogens with zero attached hydrogens (tertiary/aromatic N) is 1. The largest absolute Gasteiger partial charge is 0.508 e. The van der Waals surface area contributed by atoms with Gasteiger partial charge in [-0.15, -0.1) is 0 Å². The van der Waals surface area contributed by atoms with Gasteiger partial charge in [-0.1, -0.05) is 30.3 Å². The number of para-hydroxylation sites is 1. The van der Waals surface area contributed by atoms with E-state index in [0.717, 1.165) is 26.1 Å². The molecule has 1 aromatic heterocycles. The Kier molecular flexibility index (Phi) is 3.35. The van der Waals surface area contributed by atoms with Crippen LogP contribution in [-0.2, 0) is 6.54 Å². The van der Waals surface area contributed by atoms with Crippen LogP contribution in [0.3, 0.4) is 0 Å². The zero-order valence-electron chi connectivity index (χ0n) is 12.5. The van der Waals surface area contributed by atoms with Gasteiger partial charge in [0.15, 0.2) is 0 Å². The normalized spacial score (nSPS) is 19.0. The van der Waals surface area contributed by atoms with Crippen molar-refractivity contribution < 1.29 is 5.11 Å². The molecule has 1 fully saturated rings. The van der Waals surface area contributed by atoms with Crippen LogP contribution in [-0.4, -0.2) is 28.1 Å². The molecule has 4 rings (SSSR count). The van der Waals surface area contributed by atoms with Gasteiger partial charge in [0.05, 0.1) is 0 Å². The first-order valence-electron chi connectivity index (χ1n) is 7.86. The molecule has 0 aliphatic carbocycles. The van der Waals surface area contributed by atoms with E-state index in [4.69, 9.17) is 0 Å². The van der Waals surface area contributed by atoms with Gasteiger partial charge in [-0.2, -0.15) is 0 Å². The monoisotopic (exact) mass is 292 g/mol. The Labute approximate surface area is 130 Å². The first-order chi connectivity index (χ1) is 10.8. The van der Waals surface area contributed by atoms with Crippen molar-refractivity contribution in [2.45, 2.75) is 18.9 Å². The van der Waals surface area contributed by atoms with Crippen molar-refractivity contribution in [3.63, 3.8) is 0 Å². The summed E-state index contributed by atoms with van der Waals surface area (Å²) in [4.78, 5) is 5.86. The fourth-order valence-electron chi connectivity index (χ4n) is 3.53. The van der Waals surface area contributed by atoms with Crippen LogP contribution < -0.4 is 0 Å². The average molecular weight is 292 g/mol. The molecule has 2 heterocycles. The van der Waals surface area contributed by atoms with Crippen molar-refractivity contribution in [3.05, 3.63) is 65.9 Å². The number of benzene rings is 2. The molecule has 1 atom stereocenters. The van der Waals surface area contributed by atoms with Gasteiger partial charge in [-0.05, 0) is 48.2 Å². The van der Waals surface area contributed by atoms with Gasteiger partial charge in [0.1, 0.15) is 5.75 Å². The lowest BCUT2D eigenvalue weighted by molar-refractivity contribution is 0.328. The fourth-order valence-corrected chi connectivity index (χ4v) is 3.53. The van der Waals surface area contributed by atoms with E-state index in [2.05, 4.69) is 46.4 Å². The Morgan fingerprint density at radius 2 is 2.05 bits per heavy atom. The third-order valence-corrected chi connectivity index (χ3v) is 4.68. The number of aromatic hydroxyl groups is 1. The molecule has 0 amide bonds. The third-order valence-electron chi connectivity index (χ3n) is 4.68. The number of hydrogen-bond donors (Lipinski definition) is 2. The summed E-state index contributed by atoms with van der Waals surface area (Å²) in [5.41, 5.74) is 3.83. The number of H-pyrrole nitrogens is 1. The second-order valence-electron chi connectivity index (χ2n) is 6.18. The predicted molar refractivity (Wildman–Crippen MR) is 89.0 cm³/mol. The van der Waals surface area contributed by atoms with Crippen LogP contribution in [0.25, 0.3) is 10.9 Å². The predicted octanol–water partition coefficient (Wildman–Crippen LogP) is 3.86. The van der Waals surface area contributed by atoms with Crippen molar-refractivity contribution in [2.75, 3.05) is 13.1 Å². The summed E-state index contributed by atoms with van der Waals surface area (Å²) in [6, 6.07) is 16.2. The number of rotatable bonds is 3. The highest BCUT2D eigenvalue weighted by atomic mass is 16.3. The van der Waals surface area contributed by atoms with E-state index in [0.29, 0.717) is 11.7 Å². The fraction of sp³-hybridized carbons (Fsp3) is 0.263. The molecule has 1 aliphatic heterocycles. The molecule has 22 heavy (non-hydrogen) atoms. The Hall–Kier alpha value is -2.26. The summed E-state index contributed by atoms with van der Waals surface area (Å²) in [6.07, 6.45) is 3.29. The summed E-state index contributed by atoms with van der Waals surface area (Å²) < 4.78 is 0. The van der Waals surface area contributed by atoms with Gasteiger partial charge in [0.25, 0.3) is 0 Å². The standard InChI is InChI=1S/C19H20N2O/c22-17-5-3-4-14(10-17)15-8-9-21(12-15)13-16-11-20-19-7-2-1-6-18(16)19/h1-7,10-11,15,20,22H,8-9,12-13H2. The molecule has 112 valence electrons. The molecule has 1 saturated heterocycles. The van der Waals surface area contributed by atoms with Crippen LogP contribution in [0.2, 0.25) is 0 Å². The second-order valence-corrected chi connectivity index (χ2v) is 6.18. The maximum absolute atomic E-state index is 9.65. The van der Waals surface area contributed by atoms with Gasteiger partial charge < -0.3 is 10.1 Å². The molecule has 3 nitrogen and oxygen atoms in total. The van der Waals surface area contributed by atoms with E-state index in [-0.39, 0.29) is 0 Å². The van der Waals surface area contributed by atoms with E-state index in [1.807, 2.05) is 12.1 Å². The highest BCUT2D eigenvalue weighted by Gasteiger charge is 2.24. The maximum atomic E-state index is 9.65. The molecular weight excluding hydrogens is 272 g/mol. The van der Waals surface area contributed by atoms with Gasteiger partial charge in [-0.3, -0.25) is 4.90 Å². The van der Waals surface area contributed by atoms with Crippen molar-refractivity contribution in [1.82, 2.24) is 9.88 Å². The molecule has 2 aromatic carbocycles.